The topological polar surface area (TPSA) is 21.3 Å². The number of hydrogen-bond acceptors (Lipinski definition) is 2. The zero-order chi connectivity index (χ0) is 14.2. The van der Waals surface area contributed by atoms with Crippen molar-refractivity contribution in [3.63, 3.8) is 0 Å². The second kappa shape index (κ2) is 7.65. The molecular formula is C17H20FNO. The van der Waals surface area contributed by atoms with Gasteiger partial charge in [0, 0.05) is 6.54 Å². The second-order valence-electron chi connectivity index (χ2n) is 4.68. The summed E-state index contributed by atoms with van der Waals surface area (Å²) in [6.07, 6.45) is 1.01. The van der Waals surface area contributed by atoms with Crippen LogP contribution in [0.1, 0.15) is 25.0 Å². The molecule has 2 aromatic carbocycles. The Kier molecular flexibility index (Phi) is 5.56. The smallest absolute Gasteiger partial charge is 0.136 e. The van der Waals surface area contributed by atoms with Crippen LogP contribution in [0.5, 0.6) is 5.75 Å². The largest absolute Gasteiger partial charge is 0.484 e. The molecule has 0 aromatic heterocycles. The molecule has 0 heterocycles. The SMILES string of the molecule is CCCNCC(Oc1ccc(F)cc1)c1ccccc1. The maximum atomic E-state index is 12.9. The number of hydrogen-bond donors (Lipinski definition) is 1. The molecule has 0 aliphatic heterocycles. The highest BCUT2D eigenvalue weighted by Crippen LogP contribution is 2.21. The first-order valence-electron chi connectivity index (χ1n) is 6.97. The Balaban J connectivity index is 2.07. The van der Waals surface area contributed by atoms with Crippen molar-refractivity contribution < 1.29 is 9.13 Å². The summed E-state index contributed by atoms with van der Waals surface area (Å²) in [7, 11) is 0. The minimum atomic E-state index is -0.252. The molecule has 0 saturated heterocycles. The Morgan fingerprint density at radius 3 is 2.40 bits per heavy atom. The lowest BCUT2D eigenvalue weighted by Crippen LogP contribution is -2.25. The molecule has 1 N–H and O–H groups in total. The van der Waals surface area contributed by atoms with Gasteiger partial charge in [0.2, 0.25) is 0 Å². The van der Waals surface area contributed by atoms with Gasteiger partial charge in [-0.3, -0.25) is 0 Å². The van der Waals surface area contributed by atoms with Crippen LogP contribution in [0.4, 0.5) is 4.39 Å². The summed E-state index contributed by atoms with van der Waals surface area (Å²) >= 11 is 0. The van der Waals surface area contributed by atoms with Crippen molar-refractivity contribution in [2.75, 3.05) is 13.1 Å². The van der Waals surface area contributed by atoms with Crippen LogP contribution < -0.4 is 10.1 Å². The standard InChI is InChI=1S/C17H20FNO/c1-2-12-19-13-17(14-6-4-3-5-7-14)20-16-10-8-15(18)9-11-16/h3-11,17,19H,2,12-13H2,1H3. The van der Waals surface area contributed by atoms with Crippen molar-refractivity contribution >= 4 is 0 Å². The molecule has 106 valence electrons. The van der Waals surface area contributed by atoms with E-state index >= 15 is 0 Å². The van der Waals surface area contributed by atoms with E-state index in [-0.39, 0.29) is 11.9 Å². The van der Waals surface area contributed by atoms with Crippen LogP contribution >= 0.6 is 0 Å². The fourth-order valence-electron chi connectivity index (χ4n) is 1.98. The molecule has 0 fully saturated rings. The Bertz CT molecular complexity index is 498. The molecule has 2 aromatic rings. The summed E-state index contributed by atoms with van der Waals surface area (Å²) in [6.45, 7) is 3.82. The van der Waals surface area contributed by atoms with E-state index in [4.69, 9.17) is 4.74 Å². The first kappa shape index (κ1) is 14.5. The number of rotatable bonds is 7. The highest BCUT2D eigenvalue weighted by atomic mass is 19.1. The van der Waals surface area contributed by atoms with Crippen molar-refractivity contribution in [2.45, 2.75) is 19.4 Å². The molecule has 20 heavy (non-hydrogen) atoms. The van der Waals surface area contributed by atoms with E-state index in [1.165, 1.54) is 12.1 Å². The minimum absolute atomic E-state index is 0.0757. The van der Waals surface area contributed by atoms with Crippen LogP contribution in [-0.4, -0.2) is 13.1 Å². The molecular weight excluding hydrogens is 253 g/mol. The van der Waals surface area contributed by atoms with Gasteiger partial charge in [-0.15, -0.1) is 0 Å². The maximum absolute atomic E-state index is 12.9. The van der Waals surface area contributed by atoms with Gasteiger partial charge < -0.3 is 10.1 Å². The van der Waals surface area contributed by atoms with E-state index in [0.717, 1.165) is 25.1 Å². The average molecular weight is 273 g/mol. The van der Waals surface area contributed by atoms with Gasteiger partial charge in [0.15, 0.2) is 0 Å². The molecule has 0 radical (unpaired) electrons. The van der Waals surface area contributed by atoms with Crippen molar-refractivity contribution in [3.8, 4) is 5.75 Å². The fraction of sp³-hybridized carbons (Fsp3) is 0.294. The quantitative estimate of drug-likeness (QED) is 0.771. The van der Waals surface area contributed by atoms with E-state index in [2.05, 4.69) is 12.2 Å². The second-order valence-corrected chi connectivity index (χ2v) is 4.68. The van der Waals surface area contributed by atoms with Gasteiger partial charge in [-0.2, -0.15) is 0 Å². The normalized spacial score (nSPS) is 12.1. The molecule has 2 rings (SSSR count). The van der Waals surface area contributed by atoms with E-state index in [0.29, 0.717) is 5.75 Å². The highest BCUT2D eigenvalue weighted by molar-refractivity contribution is 5.25. The van der Waals surface area contributed by atoms with Gasteiger partial charge in [-0.1, -0.05) is 37.3 Å². The third kappa shape index (κ3) is 4.35. The number of nitrogens with one attached hydrogen (secondary N) is 1. The molecule has 1 unspecified atom stereocenters. The molecule has 0 aliphatic carbocycles. The summed E-state index contributed by atoms with van der Waals surface area (Å²) in [4.78, 5) is 0. The van der Waals surface area contributed by atoms with E-state index in [1.54, 1.807) is 12.1 Å². The Labute approximate surface area is 119 Å². The van der Waals surface area contributed by atoms with Crippen molar-refractivity contribution in [3.05, 3.63) is 66.0 Å². The minimum Gasteiger partial charge on any atom is -0.484 e. The van der Waals surface area contributed by atoms with Crippen molar-refractivity contribution in [1.82, 2.24) is 5.32 Å². The summed E-state index contributed by atoms with van der Waals surface area (Å²) in [5, 5.41) is 3.37. The van der Waals surface area contributed by atoms with Crippen LogP contribution in [0.2, 0.25) is 0 Å². The predicted octanol–water partition coefficient (Wildman–Crippen LogP) is 3.95. The molecule has 3 heteroatoms. The summed E-state index contributed by atoms with van der Waals surface area (Å²) < 4.78 is 18.9. The summed E-state index contributed by atoms with van der Waals surface area (Å²) in [5.41, 5.74) is 1.11. The molecule has 0 bridgehead atoms. The van der Waals surface area contributed by atoms with Crippen LogP contribution in [0.25, 0.3) is 0 Å². The lowest BCUT2D eigenvalue weighted by atomic mass is 10.1. The predicted molar refractivity (Wildman–Crippen MR) is 79.4 cm³/mol. The fourth-order valence-corrected chi connectivity index (χ4v) is 1.98. The van der Waals surface area contributed by atoms with Gasteiger partial charge in [0.25, 0.3) is 0 Å². The molecule has 0 spiro atoms. The average Bonchev–Trinajstić information content (AvgIpc) is 2.49. The van der Waals surface area contributed by atoms with Gasteiger partial charge >= 0.3 is 0 Å². The van der Waals surface area contributed by atoms with Crippen LogP contribution in [0.15, 0.2) is 54.6 Å². The Hall–Kier alpha value is -1.87. The van der Waals surface area contributed by atoms with E-state index in [9.17, 15) is 4.39 Å². The maximum Gasteiger partial charge on any atom is 0.136 e. The third-order valence-electron chi connectivity index (χ3n) is 3.02. The van der Waals surface area contributed by atoms with Crippen molar-refractivity contribution in [1.29, 1.82) is 0 Å². The van der Waals surface area contributed by atoms with E-state index < -0.39 is 0 Å². The first-order valence-corrected chi connectivity index (χ1v) is 6.97. The van der Waals surface area contributed by atoms with Crippen LogP contribution in [0.3, 0.4) is 0 Å². The Morgan fingerprint density at radius 2 is 1.75 bits per heavy atom. The monoisotopic (exact) mass is 273 g/mol. The summed E-state index contributed by atoms with van der Waals surface area (Å²) in [5.74, 6) is 0.427. The number of benzene rings is 2. The lowest BCUT2D eigenvalue weighted by molar-refractivity contribution is 0.201. The zero-order valence-corrected chi connectivity index (χ0v) is 11.7. The van der Waals surface area contributed by atoms with Gasteiger partial charge in [-0.05, 0) is 42.8 Å². The number of halogens is 1. The molecule has 1 atom stereocenters. The molecule has 2 nitrogen and oxygen atoms in total. The third-order valence-corrected chi connectivity index (χ3v) is 3.02. The summed E-state index contributed by atoms with van der Waals surface area (Å²) in [6, 6.07) is 16.2. The van der Waals surface area contributed by atoms with Gasteiger partial charge in [0.1, 0.15) is 17.7 Å². The molecule has 0 saturated carbocycles. The van der Waals surface area contributed by atoms with Gasteiger partial charge in [0.05, 0.1) is 0 Å². The zero-order valence-electron chi connectivity index (χ0n) is 11.7. The lowest BCUT2D eigenvalue weighted by Gasteiger charge is -2.20. The van der Waals surface area contributed by atoms with Crippen molar-refractivity contribution in [2.24, 2.45) is 0 Å². The van der Waals surface area contributed by atoms with Gasteiger partial charge in [-0.25, -0.2) is 4.39 Å². The van der Waals surface area contributed by atoms with E-state index in [1.807, 2.05) is 30.3 Å². The number of ether oxygens (including phenoxy) is 1. The Morgan fingerprint density at radius 1 is 1.05 bits per heavy atom. The highest BCUT2D eigenvalue weighted by Gasteiger charge is 2.12. The molecule has 0 aliphatic rings. The van der Waals surface area contributed by atoms with Crippen LogP contribution in [0, 0.1) is 5.82 Å². The molecule has 0 amide bonds. The first-order chi connectivity index (χ1) is 9.79. The van der Waals surface area contributed by atoms with Crippen LogP contribution in [-0.2, 0) is 0 Å².